The molecule has 0 atom stereocenters. The van der Waals surface area contributed by atoms with Crippen molar-refractivity contribution in [2.24, 2.45) is 0 Å². The normalized spacial score (nSPS) is 15.9. The minimum absolute atomic E-state index is 0.0519. The van der Waals surface area contributed by atoms with Crippen molar-refractivity contribution in [3.05, 3.63) is 64.2 Å². The van der Waals surface area contributed by atoms with Gasteiger partial charge >= 0.3 is 0 Å². The molecule has 0 aliphatic carbocycles. The number of carbonyl (C=O) groups excluding carboxylic acids is 4. The van der Waals surface area contributed by atoms with Crippen LogP contribution in [-0.4, -0.2) is 48.2 Å². The van der Waals surface area contributed by atoms with E-state index in [0.717, 1.165) is 49.9 Å². The number of nitrogens with one attached hydrogen (secondary N) is 1. The topological polar surface area (TPSA) is 86.8 Å². The van der Waals surface area contributed by atoms with Crippen LogP contribution < -0.4 is 10.2 Å². The number of hydrogen-bond donors (Lipinski definition) is 1. The van der Waals surface area contributed by atoms with Gasteiger partial charge in [0.05, 0.1) is 16.8 Å². The first kappa shape index (κ1) is 22.7. The Labute approximate surface area is 193 Å². The molecule has 2 aromatic rings. The molecular weight excluding hydrogens is 418 g/mol. The molecule has 0 aromatic heterocycles. The fourth-order valence-electron chi connectivity index (χ4n) is 4.42. The summed E-state index contributed by atoms with van der Waals surface area (Å²) >= 11 is 0. The van der Waals surface area contributed by atoms with Crippen LogP contribution in [0.1, 0.15) is 74.3 Å². The molecule has 2 aliphatic heterocycles. The first-order valence-electron chi connectivity index (χ1n) is 11.5. The van der Waals surface area contributed by atoms with Crippen LogP contribution in [0.25, 0.3) is 0 Å². The lowest BCUT2D eigenvalue weighted by molar-refractivity contribution is -0.131. The van der Waals surface area contributed by atoms with E-state index >= 15 is 0 Å². The number of amides is 4. The highest BCUT2D eigenvalue weighted by atomic mass is 16.2. The van der Waals surface area contributed by atoms with Gasteiger partial charge in [-0.2, -0.15) is 0 Å². The summed E-state index contributed by atoms with van der Waals surface area (Å²) in [5.74, 6) is -1.14. The summed E-state index contributed by atoms with van der Waals surface area (Å²) < 4.78 is 0. The Morgan fingerprint density at radius 2 is 1.58 bits per heavy atom. The number of likely N-dealkylation sites (tertiary alicyclic amines) is 1. The lowest BCUT2D eigenvalue weighted by atomic mass is 10.1. The Kier molecular flexibility index (Phi) is 6.58. The van der Waals surface area contributed by atoms with E-state index < -0.39 is 11.8 Å². The van der Waals surface area contributed by atoms with Gasteiger partial charge in [-0.3, -0.25) is 19.2 Å². The lowest BCUT2D eigenvalue weighted by Gasteiger charge is -2.20. The second kappa shape index (κ2) is 9.57. The third-order valence-corrected chi connectivity index (χ3v) is 6.34. The zero-order chi connectivity index (χ0) is 23.5. The molecule has 1 fully saturated rings. The molecule has 4 amide bonds. The predicted molar refractivity (Wildman–Crippen MR) is 125 cm³/mol. The molecule has 1 saturated heterocycles. The van der Waals surface area contributed by atoms with Crippen LogP contribution in [0.15, 0.2) is 36.4 Å². The van der Waals surface area contributed by atoms with E-state index in [-0.39, 0.29) is 35.9 Å². The summed E-state index contributed by atoms with van der Waals surface area (Å²) in [4.78, 5) is 54.1. The lowest BCUT2D eigenvalue weighted by Crippen LogP contribution is -2.35. The molecule has 2 aliphatic rings. The van der Waals surface area contributed by atoms with E-state index in [1.54, 1.807) is 6.07 Å². The third kappa shape index (κ3) is 4.67. The van der Waals surface area contributed by atoms with Gasteiger partial charge in [0.1, 0.15) is 0 Å². The maximum absolute atomic E-state index is 13.1. The Bertz CT molecular complexity index is 1120. The molecule has 1 N–H and O–H groups in total. The Morgan fingerprint density at radius 3 is 2.30 bits per heavy atom. The second-order valence-electron chi connectivity index (χ2n) is 8.80. The van der Waals surface area contributed by atoms with Crippen LogP contribution in [0.5, 0.6) is 0 Å². The number of aryl methyl sites for hydroxylation is 2. The molecule has 4 rings (SSSR count). The Morgan fingerprint density at radius 1 is 0.879 bits per heavy atom. The quantitative estimate of drug-likeness (QED) is 0.709. The van der Waals surface area contributed by atoms with Crippen molar-refractivity contribution in [2.75, 3.05) is 24.5 Å². The van der Waals surface area contributed by atoms with Gasteiger partial charge in [0.25, 0.3) is 17.7 Å². The number of nitrogens with zero attached hydrogens (tertiary/aromatic N) is 2. The molecule has 0 unspecified atom stereocenters. The van der Waals surface area contributed by atoms with E-state index in [0.29, 0.717) is 11.3 Å². The highest BCUT2D eigenvalue weighted by Gasteiger charge is 2.37. The van der Waals surface area contributed by atoms with Crippen LogP contribution in [-0.2, 0) is 4.79 Å². The van der Waals surface area contributed by atoms with Crippen molar-refractivity contribution < 1.29 is 19.2 Å². The van der Waals surface area contributed by atoms with Gasteiger partial charge in [0, 0.05) is 31.6 Å². The molecule has 33 heavy (non-hydrogen) atoms. The minimum atomic E-state index is -0.435. The number of carbonyl (C=O) groups is 4. The zero-order valence-corrected chi connectivity index (χ0v) is 19.1. The first-order chi connectivity index (χ1) is 15.9. The summed E-state index contributed by atoms with van der Waals surface area (Å²) in [6.07, 6.45) is 4.61. The van der Waals surface area contributed by atoms with Crippen molar-refractivity contribution in [1.29, 1.82) is 0 Å². The van der Waals surface area contributed by atoms with E-state index in [1.807, 2.05) is 36.9 Å². The number of anilines is 1. The van der Waals surface area contributed by atoms with Crippen LogP contribution in [0.4, 0.5) is 5.69 Å². The minimum Gasteiger partial charge on any atom is -0.352 e. The number of hydrogen-bond acceptors (Lipinski definition) is 4. The van der Waals surface area contributed by atoms with Crippen molar-refractivity contribution >= 4 is 29.3 Å². The first-order valence-corrected chi connectivity index (χ1v) is 11.5. The maximum Gasteiger partial charge on any atom is 0.266 e. The van der Waals surface area contributed by atoms with Gasteiger partial charge in [0.2, 0.25) is 5.91 Å². The van der Waals surface area contributed by atoms with E-state index in [1.165, 1.54) is 17.0 Å². The van der Waals surface area contributed by atoms with Gasteiger partial charge in [-0.1, -0.05) is 25.0 Å². The number of benzene rings is 2. The van der Waals surface area contributed by atoms with Gasteiger partial charge in [-0.05, 0) is 62.1 Å². The van der Waals surface area contributed by atoms with Crippen molar-refractivity contribution in [3.8, 4) is 0 Å². The molecule has 172 valence electrons. The standard InChI is InChI=1S/C26H29N3O4/c1-17-7-8-18(2)22(15-17)29-25(32)20-10-9-19(16-21(20)26(29)33)24(31)27-12-11-23(30)28-13-5-3-4-6-14-28/h7-10,15-16H,3-6,11-14H2,1-2H3,(H,27,31). The molecule has 0 saturated carbocycles. The Hall–Kier alpha value is -3.48. The van der Waals surface area contributed by atoms with Crippen LogP contribution in [0.2, 0.25) is 0 Å². The van der Waals surface area contributed by atoms with Gasteiger partial charge < -0.3 is 10.2 Å². The molecular formula is C26H29N3O4. The largest absolute Gasteiger partial charge is 0.352 e. The summed E-state index contributed by atoms with van der Waals surface area (Å²) in [6, 6.07) is 10.1. The fraction of sp³-hybridized carbons (Fsp3) is 0.385. The summed E-state index contributed by atoms with van der Waals surface area (Å²) in [5.41, 5.74) is 3.12. The average molecular weight is 448 g/mol. The average Bonchev–Trinajstić information content (AvgIpc) is 2.98. The van der Waals surface area contributed by atoms with Crippen LogP contribution in [0.3, 0.4) is 0 Å². The highest BCUT2D eigenvalue weighted by Crippen LogP contribution is 2.31. The molecule has 0 spiro atoms. The highest BCUT2D eigenvalue weighted by molar-refractivity contribution is 6.35. The zero-order valence-electron chi connectivity index (χ0n) is 19.1. The third-order valence-electron chi connectivity index (χ3n) is 6.34. The fourth-order valence-corrected chi connectivity index (χ4v) is 4.42. The number of fused-ring (bicyclic) bond motifs is 1. The molecule has 0 bridgehead atoms. The van der Waals surface area contributed by atoms with Gasteiger partial charge in [-0.15, -0.1) is 0 Å². The smallest absolute Gasteiger partial charge is 0.266 e. The van der Waals surface area contributed by atoms with Gasteiger partial charge in [0.15, 0.2) is 0 Å². The SMILES string of the molecule is Cc1ccc(C)c(N2C(=O)c3ccc(C(=O)NCCC(=O)N4CCCCCC4)cc3C2=O)c1. The second-order valence-corrected chi connectivity index (χ2v) is 8.80. The van der Waals surface area contributed by atoms with Crippen LogP contribution >= 0.6 is 0 Å². The molecule has 2 heterocycles. The van der Waals surface area contributed by atoms with E-state index in [2.05, 4.69) is 5.32 Å². The Balaban J connectivity index is 1.43. The molecule has 0 radical (unpaired) electrons. The van der Waals surface area contributed by atoms with E-state index in [9.17, 15) is 19.2 Å². The van der Waals surface area contributed by atoms with Crippen molar-refractivity contribution in [3.63, 3.8) is 0 Å². The molecule has 7 nitrogen and oxygen atoms in total. The summed E-state index contributed by atoms with van der Waals surface area (Å²) in [6.45, 7) is 5.55. The molecule has 2 aromatic carbocycles. The van der Waals surface area contributed by atoms with Crippen molar-refractivity contribution in [1.82, 2.24) is 10.2 Å². The van der Waals surface area contributed by atoms with Gasteiger partial charge in [-0.25, -0.2) is 4.90 Å². The monoisotopic (exact) mass is 447 g/mol. The number of imide groups is 1. The van der Waals surface area contributed by atoms with E-state index in [4.69, 9.17) is 0 Å². The van der Waals surface area contributed by atoms with Crippen molar-refractivity contribution in [2.45, 2.75) is 46.0 Å². The molecule has 7 heteroatoms. The maximum atomic E-state index is 13.1. The van der Waals surface area contributed by atoms with Crippen LogP contribution in [0, 0.1) is 13.8 Å². The predicted octanol–water partition coefficient (Wildman–Crippen LogP) is 3.63. The summed E-state index contributed by atoms with van der Waals surface area (Å²) in [5, 5.41) is 2.77. The number of rotatable bonds is 5. The summed E-state index contributed by atoms with van der Waals surface area (Å²) in [7, 11) is 0.